The number of hydrogen-bond donors (Lipinski definition) is 1. The number of carboxylic acid groups (broad SMARTS) is 1. The first-order chi connectivity index (χ1) is 12.1. The van der Waals surface area contributed by atoms with E-state index in [0.29, 0.717) is 6.61 Å². The Morgan fingerprint density at radius 1 is 1.00 bits per heavy atom. The van der Waals surface area contributed by atoms with Gasteiger partial charge in [-0.15, -0.1) is 0 Å². The van der Waals surface area contributed by atoms with E-state index in [1.807, 2.05) is 36.2 Å². The number of likely N-dealkylation sites (N-methyl/N-ethyl adjacent to an activating group) is 1. The SMILES string of the molecule is CN(CCCCOc1ccccc1CCc1ccccc1)CC(=O)O. The Morgan fingerprint density at radius 3 is 2.48 bits per heavy atom. The van der Waals surface area contributed by atoms with Crippen molar-refractivity contribution in [3.8, 4) is 5.75 Å². The number of carboxylic acids is 1. The van der Waals surface area contributed by atoms with Crippen molar-refractivity contribution in [2.45, 2.75) is 25.7 Å². The Morgan fingerprint density at radius 2 is 1.72 bits per heavy atom. The van der Waals surface area contributed by atoms with E-state index < -0.39 is 5.97 Å². The molecule has 2 aromatic carbocycles. The van der Waals surface area contributed by atoms with Crippen LogP contribution in [-0.2, 0) is 17.6 Å². The highest BCUT2D eigenvalue weighted by Crippen LogP contribution is 2.20. The minimum absolute atomic E-state index is 0.0865. The van der Waals surface area contributed by atoms with Crippen molar-refractivity contribution in [1.82, 2.24) is 4.90 Å². The molecule has 25 heavy (non-hydrogen) atoms. The van der Waals surface area contributed by atoms with Crippen LogP contribution in [0.4, 0.5) is 0 Å². The van der Waals surface area contributed by atoms with Gasteiger partial charge in [0.1, 0.15) is 5.75 Å². The average molecular weight is 341 g/mol. The smallest absolute Gasteiger partial charge is 0.317 e. The van der Waals surface area contributed by atoms with Gasteiger partial charge in [-0.25, -0.2) is 0 Å². The Bertz CT molecular complexity index is 643. The van der Waals surface area contributed by atoms with E-state index in [-0.39, 0.29) is 6.54 Å². The molecule has 0 aliphatic rings. The van der Waals surface area contributed by atoms with Gasteiger partial charge in [0.25, 0.3) is 0 Å². The van der Waals surface area contributed by atoms with Gasteiger partial charge in [-0.2, -0.15) is 0 Å². The lowest BCUT2D eigenvalue weighted by Gasteiger charge is -2.14. The number of benzene rings is 2. The standard InChI is InChI=1S/C21H27NO3/c1-22(17-21(23)24)15-7-8-16-25-20-12-6-5-11-19(20)14-13-18-9-3-2-4-10-18/h2-6,9-12H,7-8,13-17H2,1H3,(H,23,24). The molecule has 4 heteroatoms. The van der Waals surface area contributed by atoms with Crippen molar-refractivity contribution in [1.29, 1.82) is 0 Å². The van der Waals surface area contributed by atoms with Gasteiger partial charge in [-0.05, 0) is 56.5 Å². The number of rotatable bonds is 11. The summed E-state index contributed by atoms with van der Waals surface area (Å²) in [6.45, 7) is 1.51. The van der Waals surface area contributed by atoms with Gasteiger partial charge in [0, 0.05) is 0 Å². The van der Waals surface area contributed by atoms with Crippen molar-refractivity contribution in [2.24, 2.45) is 0 Å². The molecule has 0 saturated heterocycles. The van der Waals surface area contributed by atoms with Gasteiger partial charge >= 0.3 is 5.97 Å². The van der Waals surface area contributed by atoms with E-state index in [2.05, 4.69) is 30.3 Å². The Kier molecular flexibility index (Phi) is 7.99. The number of carbonyl (C=O) groups is 1. The molecule has 2 aromatic rings. The molecule has 1 N–H and O–H groups in total. The third-order valence-corrected chi connectivity index (χ3v) is 4.10. The predicted molar refractivity (Wildman–Crippen MR) is 100 cm³/mol. The molecule has 0 fully saturated rings. The van der Waals surface area contributed by atoms with Crippen molar-refractivity contribution >= 4 is 5.97 Å². The van der Waals surface area contributed by atoms with Crippen molar-refractivity contribution in [3.63, 3.8) is 0 Å². The molecule has 0 radical (unpaired) electrons. The predicted octanol–water partition coefficient (Wildman–Crippen LogP) is 3.65. The van der Waals surface area contributed by atoms with Gasteiger partial charge < -0.3 is 9.84 Å². The number of aryl methyl sites for hydroxylation is 2. The Labute approximate surface area is 150 Å². The van der Waals surface area contributed by atoms with Crippen LogP contribution in [0.15, 0.2) is 54.6 Å². The molecule has 0 atom stereocenters. The molecule has 0 amide bonds. The summed E-state index contributed by atoms with van der Waals surface area (Å²) in [6.07, 6.45) is 3.80. The fraction of sp³-hybridized carbons (Fsp3) is 0.381. The molecule has 0 bridgehead atoms. The van der Waals surface area contributed by atoms with E-state index in [4.69, 9.17) is 9.84 Å². The number of aliphatic carboxylic acids is 1. The molecule has 0 aromatic heterocycles. The summed E-state index contributed by atoms with van der Waals surface area (Å²) in [5, 5.41) is 8.73. The topological polar surface area (TPSA) is 49.8 Å². The maximum atomic E-state index is 10.6. The fourth-order valence-corrected chi connectivity index (χ4v) is 2.75. The summed E-state index contributed by atoms with van der Waals surface area (Å²) in [6, 6.07) is 18.7. The lowest BCUT2D eigenvalue weighted by Crippen LogP contribution is -2.26. The third-order valence-electron chi connectivity index (χ3n) is 4.10. The van der Waals surface area contributed by atoms with Crippen LogP contribution in [0, 0.1) is 0 Å². The molecule has 0 heterocycles. The number of para-hydroxylation sites is 1. The maximum absolute atomic E-state index is 10.6. The van der Waals surface area contributed by atoms with Crippen LogP contribution in [0.5, 0.6) is 5.75 Å². The van der Waals surface area contributed by atoms with E-state index >= 15 is 0 Å². The monoisotopic (exact) mass is 341 g/mol. The second-order valence-corrected chi connectivity index (χ2v) is 6.28. The van der Waals surface area contributed by atoms with Crippen molar-refractivity contribution < 1.29 is 14.6 Å². The first kappa shape index (κ1) is 19.0. The van der Waals surface area contributed by atoms with Gasteiger partial charge in [-0.1, -0.05) is 48.5 Å². The lowest BCUT2D eigenvalue weighted by molar-refractivity contribution is -0.137. The quantitative estimate of drug-likeness (QED) is 0.634. The number of unbranched alkanes of at least 4 members (excludes halogenated alkanes) is 1. The molecule has 4 nitrogen and oxygen atoms in total. The third kappa shape index (κ3) is 7.40. The molecule has 0 unspecified atom stereocenters. The van der Waals surface area contributed by atoms with Crippen LogP contribution < -0.4 is 4.74 Å². The summed E-state index contributed by atoms with van der Waals surface area (Å²) in [4.78, 5) is 12.4. The Hall–Kier alpha value is -2.33. The summed E-state index contributed by atoms with van der Waals surface area (Å²) in [5.41, 5.74) is 2.56. The van der Waals surface area contributed by atoms with Gasteiger partial charge in [0.15, 0.2) is 0 Å². The summed E-state index contributed by atoms with van der Waals surface area (Å²) in [7, 11) is 1.83. The summed E-state index contributed by atoms with van der Waals surface area (Å²) < 4.78 is 5.95. The molecule has 2 rings (SSSR count). The van der Waals surface area contributed by atoms with E-state index in [0.717, 1.165) is 38.0 Å². The minimum Gasteiger partial charge on any atom is -0.493 e. The average Bonchev–Trinajstić information content (AvgIpc) is 2.61. The molecule has 134 valence electrons. The van der Waals surface area contributed by atoms with Crippen LogP contribution in [0.2, 0.25) is 0 Å². The van der Waals surface area contributed by atoms with Crippen molar-refractivity contribution in [2.75, 3.05) is 26.7 Å². The van der Waals surface area contributed by atoms with E-state index in [9.17, 15) is 4.79 Å². The molecule has 0 saturated carbocycles. The molecular weight excluding hydrogens is 314 g/mol. The van der Waals surface area contributed by atoms with E-state index in [1.54, 1.807) is 0 Å². The maximum Gasteiger partial charge on any atom is 0.317 e. The van der Waals surface area contributed by atoms with Crippen LogP contribution in [0.1, 0.15) is 24.0 Å². The van der Waals surface area contributed by atoms with Gasteiger partial charge in [-0.3, -0.25) is 9.69 Å². The highest BCUT2D eigenvalue weighted by Gasteiger charge is 2.05. The molecule has 0 spiro atoms. The summed E-state index contributed by atoms with van der Waals surface area (Å²) >= 11 is 0. The van der Waals surface area contributed by atoms with Crippen molar-refractivity contribution in [3.05, 3.63) is 65.7 Å². The largest absolute Gasteiger partial charge is 0.493 e. The minimum atomic E-state index is -0.786. The fourth-order valence-electron chi connectivity index (χ4n) is 2.75. The number of nitrogens with zero attached hydrogens (tertiary/aromatic N) is 1. The molecule has 0 aliphatic heterocycles. The number of hydrogen-bond acceptors (Lipinski definition) is 3. The van der Waals surface area contributed by atoms with Gasteiger partial charge in [0.2, 0.25) is 0 Å². The summed E-state index contributed by atoms with van der Waals surface area (Å²) in [5.74, 6) is 0.170. The highest BCUT2D eigenvalue weighted by atomic mass is 16.5. The first-order valence-electron chi connectivity index (χ1n) is 8.80. The zero-order valence-corrected chi connectivity index (χ0v) is 14.9. The van der Waals surface area contributed by atoms with E-state index in [1.165, 1.54) is 11.1 Å². The zero-order valence-electron chi connectivity index (χ0n) is 14.9. The van der Waals surface area contributed by atoms with Gasteiger partial charge in [0.05, 0.1) is 13.2 Å². The second kappa shape index (κ2) is 10.5. The van der Waals surface area contributed by atoms with Crippen LogP contribution >= 0.6 is 0 Å². The molecular formula is C21H27NO3. The second-order valence-electron chi connectivity index (χ2n) is 6.28. The normalized spacial score (nSPS) is 10.8. The zero-order chi connectivity index (χ0) is 17.9. The highest BCUT2D eigenvalue weighted by molar-refractivity contribution is 5.68. The van der Waals surface area contributed by atoms with Crippen LogP contribution in [-0.4, -0.2) is 42.7 Å². The molecule has 0 aliphatic carbocycles. The lowest BCUT2D eigenvalue weighted by atomic mass is 10.0. The Balaban J connectivity index is 1.74. The van der Waals surface area contributed by atoms with Crippen LogP contribution in [0.3, 0.4) is 0 Å². The number of ether oxygens (including phenoxy) is 1. The first-order valence-corrected chi connectivity index (χ1v) is 8.80. The van der Waals surface area contributed by atoms with Crippen LogP contribution in [0.25, 0.3) is 0 Å².